The van der Waals surface area contributed by atoms with E-state index in [0.29, 0.717) is 6.42 Å². The Balaban J connectivity index is 1.34. The highest BCUT2D eigenvalue weighted by Gasteiger charge is 2.33. The Hall–Kier alpha value is -2.56. The van der Waals surface area contributed by atoms with Crippen LogP contribution in [0.25, 0.3) is 11.1 Å². The van der Waals surface area contributed by atoms with Crippen molar-refractivity contribution in [2.75, 3.05) is 5.75 Å². The number of aromatic nitrogens is 2. The number of amides is 1. The summed E-state index contributed by atoms with van der Waals surface area (Å²) in [5.74, 6) is 0.0434. The molecule has 0 saturated carbocycles. The standard InChI is InChI=1S/C31H30Cl3N3O4S/c1-37-15-14-35-30(37)42-19-25-16-27(22-8-6-20(18-38)7-9-22)41-28(40-25)23-12-10-21(11-13-23)26-5-3-2-4-24(26)17-36-29(39)31(32,33)34/h2-15,25,27-28,38H,16-19H2,1H3,(H,36,39)/t25-,27+,28+/m1/s1. The van der Waals surface area contributed by atoms with Crippen molar-refractivity contribution in [2.45, 2.75) is 47.0 Å². The number of imidazole rings is 1. The number of thioether (sulfide) groups is 1. The predicted octanol–water partition coefficient (Wildman–Crippen LogP) is 6.90. The first kappa shape index (κ1) is 30.9. The molecule has 1 fully saturated rings. The highest BCUT2D eigenvalue weighted by Crippen LogP contribution is 2.40. The van der Waals surface area contributed by atoms with Gasteiger partial charge in [0.2, 0.25) is 0 Å². The third-order valence-electron chi connectivity index (χ3n) is 7.00. The van der Waals surface area contributed by atoms with E-state index in [0.717, 1.165) is 44.3 Å². The van der Waals surface area contributed by atoms with Crippen molar-refractivity contribution < 1.29 is 19.4 Å². The van der Waals surface area contributed by atoms with E-state index in [1.807, 2.05) is 90.6 Å². The molecule has 0 aliphatic carbocycles. The maximum Gasteiger partial charge on any atom is 0.272 e. The minimum atomic E-state index is -2.02. The number of benzene rings is 3. The molecule has 1 aromatic heterocycles. The highest BCUT2D eigenvalue weighted by atomic mass is 35.6. The lowest BCUT2D eigenvalue weighted by Gasteiger charge is -2.36. The maximum atomic E-state index is 12.1. The maximum absolute atomic E-state index is 12.1. The molecule has 5 rings (SSSR count). The third-order valence-corrected chi connectivity index (χ3v) is 8.70. The molecule has 0 spiro atoms. The summed E-state index contributed by atoms with van der Waals surface area (Å²) < 4.78 is 12.9. The van der Waals surface area contributed by atoms with Gasteiger partial charge in [-0.1, -0.05) is 119 Å². The van der Waals surface area contributed by atoms with Gasteiger partial charge in [0, 0.05) is 43.7 Å². The summed E-state index contributed by atoms with van der Waals surface area (Å²) in [6.45, 7) is 0.209. The summed E-state index contributed by atoms with van der Waals surface area (Å²) in [5.41, 5.74) is 5.58. The monoisotopic (exact) mass is 645 g/mol. The molecule has 1 aliphatic rings. The van der Waals surface area contributed by atoms with Crippen LogP contribution in [0.1, 0.15) is 41.1 Å². The number of hydrogen-bond acceptors (Lipinski definition) is 6. The van der Waals surface area contributed by atoms with Crippen LogP contribution in [-0.2, 0) is 34.5 Å². The minimum Gasteiger partial charge on any atom is -0.392 e. The van der Waals surface area contributed by atoms with E-state index in [2.05, 4.69) is 10.3 Å². The Morgan fingerprint density at radius 3 is 2.43 bits per heavy atom. The van der Waals surface area contributed by atoms with E-state index in [1.165, 1.54) is 0 Å². The third kappa shape index (κ3) is 7.68. The first-order valence-electron chi connectivity index (χ1n) is 13.3. The molecule has 2 heterocycles. The van der Waals surface area contributed by atoms with Crippen molar-refractivity contribution in [2.24, 2.45) is 7.05 Å². The number of aliphatic hydroxyl groups is 1. The normalized spacial score (nSPS) is 19.0. The zero-order valence-electron chi connectivity index (χ0n) is 22.8. The quantitative estimate of drug-likeness (QED) is 0.152. The average molecular weight is 647 g/mol. The van der Waals surface area contributed by atoms with Crippen molar-refractivity contribution in [3.05, 3.63) is 107 Å². The van der Waals surface area contributed by atoms with Crippen LogP contribution >= 0.6 is 46.6 Å². The molecule has 0 unspecified atom stereocenters. The lowest BCUT2D eigenvalue weighted by molar-refractivity contribution is -0.245. The van der Waals surface area contributed by atoms with Gasteiger partial charge in [-0.3, -0.25) is 4.79 Å². The molecule has 3 aromatic carbocycles. The summed E-state index contributed by atoms with van der Waals surface area (Å²) in [7, 11) is 1.98. The summed E-state index contributed by atoms with van der Waals surface area (Å²) in [4.78, 5) is 16.5. The van der Waals surface area contributed by atoms with Crippen LogP contribution in [0.2, 0.25) is 0 Å². The molecular formula is C31H30Cl3N3O4S. The second-order valence-electron chi connectivity index (χ2n) is 9.94. The number of carbonyl (C=O) groups is 1. The fourth-order valence-electron chi connectivity index (χ4n) is 4.73. The van der Waals surface area contributed by atoms with Gasteiger partial charge in [0.25, 0.3) is 9.70 Å². The van der Waals surface area contributed by atoms with Gasteiger partial charge < -0.3 is 24.5 Å². The van der Waals surface area contributed by atoms with Gasteiger partial charge in [-0.2, -0.15) is 0 Å². The van der Waals surface area contributed by atoms with Gasteiger partial charge >= 0.3 is 0 Å². The summed E-state index contributed by atoms with van der Waals surface area (Å²) in [5, 5.41) is 13.1. The second kappa shape index (κ2) is 13.8. The molecule has 1 saturated heterocycles. The molecule has 1 aliphatic heterocycles. The Morgan fingerprint density at radius 1 is 1.05 bits per heavy atom. The van der Waals surface area contributed by atoms with Crippen LogP contribution in [0.5, 0.6) is 0 Å². The van der Waals surface area contributed by atoms with Crippen molar-refractivity contribution in [3.8, 4) is 11.1 Å². The molecular weight excluding hydrogens is 617 g/mol. The van der Waals surface area contributed by atoms with Crippen molar-refractivity contribution >= 4 is 52.5 Å². The van der Waals surface area contributed by atoms with Gasteiger partial charge in [0.15, 0.2) is 11.4 Å². The van der Waals surface area contributed by atoms with Crippen LogP contribution in [0.3, 0.4) is 0 Å². The first-order valence-corrected chi connectivity index (χ1v) is 15.5. The number of ether oxygens (including phenoxy) is 2. The van der Waals surface area contributed by atoms with Crippen molar-refractivity contribution in [3.63, 3.8) is 0 Å². The van der Waals surface area contributed by atoms with Crippen LogP contribution in [0.15, 0.2) is 90.3 Å². The summed E-state index contributed by atoms with van der Waals surface area (Å²) in [6.07, 6.45) is 3.59. The molecule has 0 bridgehead atoms. The topological polar surface area (TPSA) is 85.6 Å². The molecule has 4 aromatic rings. The molecule has 220 valence electrons. The SMILES string of the molecule is Cn1ccnc1SC[C@H]1C[C@@H](c2ccc(CO)cc2)O[C@@H](c2ccc(-c3ccccc3CNC(=O)C(Cl)(Cl)Cl)cc2)O1. The van der Waals surface area contributed by atoms with E-state index in [1.54, 1.807) is 18.0 Å². The largest absolute Gasteiger partial charge is 0.392 e. The van der Waals surface area contributed by atoms with Gasteiger partial charge in [0.05, 0.1) is 18.8 Å². The molecule has 42 heavy (non-hydrogen) atoms. The number of halogens is 3. The number of hydrogen-bond donors (Lipinski definition) is 2. The van der Waals surface area contributed by atoms with E-state index < -0.39 is 16.0 Å². The van der Waals surface area contributed by atoms with Crippen molar-refractivity contribution in [1.29, 1.82) is 0 Å². The zero-order chi connectivity index (χ0) is 29.7. The van der Waals surface area contributed by atoms with E-state index >= 15 is 0 Å². The number of nitrogens with zero attached hydrogens (tertiary/aromatic N) is 2. The van der Waals surface area contributed by atoms with E-state index in [9.17, 15) is 9.90 Å². The lowest BCUT2D eigenvalue weighted by Crippen LogP contribution is -2.34. The van der Waals surface area contributed by atoms with Crippen LogP contribution < -0.4 is 5.32 Å². The number of aryl methyl sites for hydroxylation is 1. The highest BCUT2D eigenvalue weighted by molar-refractivity contribution is 7.99. The van der Waals surface area contributed by atoms with Gasteiger partial charge in [-0.25, -0.2) is 4.98 Å². The lowest BCUT2D eigenvalue weighted by atomic mass is 9.98. The summed E-state index contributed by atoms with van der Waals surface area (Å²) in [6, 6.07) is 23.6. The number of nitrogens with one attached hydrogen (secondary N) is 1. The fraction of sp³-hybridized carbons (Fsp3) is 0.290. The van der Waals surface area contributed by atoms with Gasteiger partial charge in [-0.05, 0) is 27.8 Å². The molecule has 3 atom stereocenters. The Bertz CT molecular complexity index is 1490. The van der Waals surface area contributed by atoms with Crippen LogP contribution in [0, 0.1) is 0 Å². The fourth-order valence-corrected chi connectivity index (χ4v) is 5.88. The van der Waals surface area contributed by atoms with E-state index in [4.69, 9.17) is 44.3 Å². The second-order valence-corrected chi connectivity index (χ2v) is 13.2. The number of rotatable bonds is 9. The minimum absolute atomic E-state index is 0.00474. The molecule has 2 N–H and O–H groups in total. The summed E-state index contributed by atoms with van der Waals surface area (Å²) >= 11 is 18.8. The van der Waals surface area contributed by atoms with E-state index in [-0.39, 0.29) is 25.4 Å². The molecule has 0 radical (unpaired) electrons. The Labute approximate surface area is 264 Å². The number of alkyl halides is 3. The predicted molar refractivity (Wildman–Crippen MR) is 166 cm³/mol. The smallest absolute Gasteiger partial charge is 0.272 e. The first-order chi connectivity index (χ1) is 20.2. The van der Waals surface area contributed by atoms with Crippen LogP contribution in [0.4, 0.5) is 0 Å². The van der Waals surface area contributed by atoms with Crippen LogP contribution in [-0.4, -0.2) is 36.2 Å². The van der Waals surface area contributed by atoms with Crippen molar-refractivity contribution in [1.82, 2.24) is 14.9 Å². The number of carbonyl (C=O) groups excluding carboxylic acids is 1. The van der Waals surface area contributed by atoms with Gasteiger partial charge in [0.1, 0.15) is 0 Å². The average Bonchev–Trinajstić information content (AvgIpc) is 3.42. The Morgan fingerprint density at radius 2 is 1.76 bits per heavy atom. The molecule has 7 nitrogen and oxygen atoms in total. The van der Waals surface area contributed by atoms with Gasteiger partial charge in [-0.15, -0.1) is 0 Å². The molecule has 1 amide bonds. The number of aliphatic hydroxyl groups excluding tert-OH is 1. The molecule has 11 heteroatoms. The Kier molecular flexibility index (Phi) is 10.2. The zero-order valence-corrected chi connectivity index (χ0v) is 25.8.